The number of hydrazone groups is 1. The van der Waals surface area contributed by atoms with Crippen LogP contribution in [0.5, 0.6) is 17.2 Å². The Kier molecular flexibility index (Phi) is 4.90. The molecule has 2 aromatic rings. The van der Waals surface area contributed by atoms with Gasteiger partial charge in [0.2, 0.25) is 0 Å². The molecule has 0 bridgehead atoms. The van der Waals surface area contributed by atoms with Crippen LogP contribution in [-0.2, 0) is 4.79 Å². The Morgan fingerprint density at radius 3 is 2.83 bits per heavy atom. The molecule has 0 radical (unpaired) electrons. The van der Waals surface area contributed by atoms with Gasteiger partial charge >= 0.3 is 0 Å². The zero-order chi connectivity index (χ0) is 16.8. The lowest BCUT2D eigenvalue weighted by molar-refractivity contribution is -0.123. The number of para-hydroxylation sites is 1. The molecule has 1 aliphatic rings. The average molecular weight is 330 g/mol. The molecule has 1 amide bonds. The number of hydrogen-bond acceptors (Lipinski definition) is 5. The topological polar surface area (TPSA) is 69.2 Å². The van der Waals surface area contributed by atoms with Gasteiger partial charge in [-0.15, -0.1) is 0 Å². The highest BCUT2D eigenvalue weighted by atomic mass is 19.1. The number of carbonyl (C=O) groups is 1. The summed E-state index contributed by atoms with van der Waals surface area (Å²) in [6, 6.07) is 11.2. The summed E-state index contributed by atoms with van der Waals surface area (Å²) in [6.07, 6.45) is 1.47. The highest BCUT2D eigenvalue weighted by Crippen LogP contribution is 2.30. The summed E-state index contributed by atoms with van der Waals surface area (Å²) in [5.41, 5.74) is 3.06. The van der Waals surface area contributed by atoms with Crippen molar-refractivity contribution in [3.05, 3.63) is 53.8 Å². The normalized spacial score (nSPS) is 12.9. The molecule has 2 aromatic carbocycles. The van der Waals surface area contributed by atoms with E-state index in [9.17, 15) is 9.18 Å². The predicted molar refractivity (Wildman–Crippen MR) is 85.1 cm³/mol. The lowest BCUT2D eigenvalue weighted by atomic mass is 10.2. The quantitative estimate of drug-likeness (QED) is 0.673. The standard InChI is InChI=1S/C17H15FN2O4/c18-13-3-1-2-4-14(13)24-11-17(21)20-19-10-12-5-6-15-16(9-12)23-8-7-22-15/h1-6,9-10H,7-8,11H2,(H,20,21)/b19-10-. The highest BCUT2D eigenvalue weighted by molar-refractivity contribution is 5.83. The second-order valence-electron chi connectivity index (χ2n) is 4.92. The number of amides is 1. The van der Waals surface area contributed by atoms with Gasteiger partial charge in [0, 0.05) is 0 Å². The third kappa shape index (κ3) is 4.01. The van der Waals surface area contributed by atoms with Crippen LogP contribution in [0.1, 0.15) is 5.56 Å². The van der Waals surface area contributed by atoms with Crippen molar-refractivity contribution in [3.63, 3.8) is 0 Å². The number of rotatable bonds is 5. The van der Waals surface area contributed by atoms with Gasteiger partial charge in [0.25, 0.3) is 5.91 Å². The number of fused-ring (bicyclic) bond motifs is 1. The summed E-state index contributed by atoms with van der Waals surface area (Å²) in [7, 11) is 0. The Hall–Kier alpha value is -3.09. The fourth-order valence-corrected chi connectivity index (χ4v) is 2.06. The fourth-order valence-electron chi connectivity index (χ4n) is 2.06. The smallest absolute Gasteiger partial charge is 0.277 e. The third-order valence-corrected chi connectivity index (χ3v) is 3.16. The monoisotopic (exact) mass is 330 g/mol. The molecule has 0 unspecified atom stereocenters. The van der Waals surface area contributed by atoms with Gasteiger partial charge < -0.3 is 14.2 Å². The van der Waals surface area contributed by atoms with Gasteiger partial charge in [-0.05, 0) is 35.9 Å². The highest BCUT2D eigenvalue weighted by Gasteiger charge is 2.11. The minimum Gasteiger partial charge on any atom is -0.486 e. The summed E-state index contributed by atoms with van der Waals surface area (Å²) in [4.78, 5) is 11.6. The van der Waals surface area contributed by atoms with Gasteiger partial charge in [0.15, 0.2) is 29.7 Å². The second kappa shape index (κ2) is 7.45. The SMILES string of the molecule is O=C(COc1ccccc1F)N/N=C\c1ccc2c(c1)OCCO2. The Morgan fingerprint density at radius 2 is 2.00 bits per heavy atom. The van der Waals surface area contributed by atoms with E-state index in [0.29, 0.717) is 24.7 Å². The van der Waals surface area contributed by atoms with Crippen LogP contribution >= 0.6 is 0 Å². The Morgan fingerprint density at radius 1 is 1.21 bits per heavy atom. The Bertz CT molecular complexity index is 764. The van der Waals surface area contributed by atoms with Gasteiger partial charge in [-0.1, -0.05) is 12.1 Å². The molecule has 1 aliphatic heterocycles. The lowest BCUT2D eigenvalue weighted by Gasteiger charge is -2.18. The minimum atomic E-state index is -0.523. The van der Waals surface area contributed by atoms with Gasteiger partial charge in [-0.25, -0.2) is 9.82 Å². The first-order valence-electron chi connectivity index (χ1n) is 7.31. The van der Waals surface area contributed by atoms with E-state index in [-0.39, 0.29) is 12.4 Å². The molecule has 24 heavy (non-hydrogen) atoms. The molecule has 0 aromatic heterocycles. The summed E-state index contributed by atoms with van der Waals surface area (Å²) in [6.45, 7) is 0.690. The minimum absolute atomic E-state index is 0.0171. The molecule has 1 N–H and O–H groups in total. The van der Waals surface area contributed by atoms with Crippen LogP contribution in [0, 0.1) is 5.82 Å². The molecule has 0 saturated carbocycles. The van der Waals surface area contributed by atoms with Crippen LogP contribution in [0.15, 0.2) is 47.6 Å². The van der Waals surface area contributed by atoms with Crippen molar-refractivity contribution in [3.8, 4) is 17.2 Å². The van der Waals surface area contributed by atoms with Crippen LogP contribution in [0.4, 0.5) is 4.39 Å². The number of nitrogens with one attached hydrogen (secondary N) is 1. The molecule has 0 spiro atoms. The summed E-state index contributed by atoms with van der Waals surface area (Å²) >= 11 is 0. The molecule has 7 heteroatoms. The maximum Gasteiger partial charge on any atom is 0.277 e. The number of carbonyl (C=O) groups excluding carboxylic acids is 1. The van der Waals surface area contributed by atoms with Crippen molar-refractivity contribution < 1.29 is 23.4 Å². The third-order valence-electron chi connectivity index (χ3n) is 3.16. The first kappa shape index (κ1) is 15.8. The van der Waals surface area contributed by atoms with Crippen molar-refractivity contribution in [1.29, 1.82) is 0 Å². The molecular formula is C17H15FN2O4. The van der Waals surface area contributed by atoms with Crippen molar-refractivity contribution >= 4 is 12.1 Å². The predicted octanol–water partition coefficient (Wildman–Crippen LogP) is 2.13. The van der Waals surface area contributed by atoms with E-state index in [1.165, 1.54) is 18.3 Å². The molecular weight excluding hydrogens is 315 g/mol. The van der Waals surface area contributed by atoms with Gasteiger partial charge in [-0.2, -0.15) is 5.10 Å². The summed E-state index contributed by atoms with van der Waals surface area (Å²) in [5.74, 6) is 0.320. The van der Waals surface area contributed by atoms with Gasteiger partial charge in [-0.3, -0.25) is 4.79 Å². The maximum atomic E-state index is 13.3. The molecule has 0 aliphatic carbocycles. The number of halogens is 1. The van der Waals surface area contributed by atoms with Crippen LogP contribution in [0.3, 0.4) is 0 Å². The van der Waals surface area contributed by atoms with E-state index in [1.54, 1.807) is 30.3 Å². The summed E-state index contributed by atoms with van der Waals surface area (Å²) in [5, 5.41) is 3.83. The number of ether oxygens (including phenoxy) is 3. The average Bonchev–Trinajstić information content (AvgIpc) is 2.61. The van der Waals surface area contributed by atoms with Crippen LogP contribution in [0.2, 0.25) is 0 Å². The molecule has 0 atom stereocenters. The number of hydrogen-bond donors (Lipinski definition) is 1. The molecule has 124 valence electrons. The van der Waals surface area contributed by atoms with Crippen LogP contribution in [-0.4, -0.2) is 31.9 Å². The molecule has 0 saturated heterocycles. The Labute approximate surface area is 137 Å². The first-order valence-corrected chi connectivity index (χ1v) is 7.31. The molecule has 1 heterocycles. The fraction of sp³-hybridized carbons (Fsp3) is 0.176. The lowest BCUT2D eigenvalue weighted by Crippen LogP contribution is -2.24. The molecule has 6 nitrogen and oxygen atoms in total. The number of benzene rings is 2. The van der Waals surface area contributed by atoms with Crippen molar-refractivity contribution in [2.24, 2.45) is 5.10 Å². The van der Waals surface area contributed by atoms with Crippen molar-refractivity contribution in [2.75, 3.05) is 19.8 Å². The van der Waals surface area contributed by atoms with Crippen LogP contribution < -0.4 is 19.6 Å². The Balaban J connectivity index is 1.51. The van der Waals surface area contributed by atoms with E-state index >= 15 is 0 Å². The van der Waals surface area contributed by atoms with E-state index in [1.807, 2.05) is 0 Å². The van der Waals surface area contributed by atoms with Gasteiger partial charge in [0.1, 0.15) is 13.2 Å². The van der Waals surface area contributed by atoms with E-state index in [2.05, 4.69) is 10.5 Å². The van der Waals surface area contributed by atoms with Gasteiger partial charge in [0.05, 0.1) is 6.21 Å². The van der Waals surface area contributed by atoms with Crippen LogP contribution in [0.25, 0.3) is 0 Å². The van der Waals surface area contributed by atoms with E-state index in [0.717, 1.165) is 5.56 Å². The zero-order valence-corrected chi connectivity index (χ0v) is 12.7. The van der Waals surface area contributed by atoms with Crippen molar-refractivity contribution in [2.45, 2.75) is 0 Å². The maximum absolute atomic E-state index is 13.3. The number of nitrogens with zero attached hydrogens (tertiary/aromatic N) is 1. The summed E-state index contributed by atoms with van der Waals surface area (Å²) < 4.78 is 29.3. The molecule has 0 fully saturated rings. The largest absolute Gasteiger partial charge is 0.486 e. The van der Waals surface area contributed by atoms with E-state index < -0.39 is 11.7 Å². The second-order valence-corrected chi connectivity index (χ2v) is 4.92. The zero-order valence-electron chi connectivity index (χ0n) is 12.7. The first-order chi connectivity index (χ1) is 11.7. The molecule has 3 rings (SSSR count). The van der Waals surface area contributed by atoms with Crippen molar-refractivity contribution in [1.82, 2.24) is 5.43 Å². The van der Waals surface area contributed by atoms with E-state index in [4.69, 9.17) is 14.2 Å².